The lowest BCUT2D eigenvalue weighted by molar-refractivity contribution is 0.0940. The summed E-state index contributed by atoms with van der Waals surface area (Å²) in [7, 11) is -3.68. The Balaban J connectivity index is 0.00000243. The largest absolute Gasteiger partial charge is 0.314 e. The van der Waals surface area contributed by atoms with Crippen LogP contribution in [0.4, 0.5) is 4.39 Å². The van der Waals surface area contributed by atoms with Crippen LogP contribution in [0.25, 0.3) is 11.1 Å². The van der Waals surface area contributed by atoms with Gasteiger partial charge in [-0.15, -0.1) is 17.2 Å². The Morgan fingerprint density at radius 3 is 2.38 bits per heavy atom. The number of amides is 1. The van der Waals surface area contributed by atoms with Crippen LogP contribution in [-0.4, -0.2) is 32.7 Å². The Kier molecular flexibility index (Phi) is 6.35. The lowest BCUT2D eigenvalue weighted by Crippen LogP contribution is -2.58. The van der Waals surface area contributed by atoms with Gasteiger partial charge >= 0.3 is 0 Å². The Bertz CT molecular complexity index is 903. The summed E-state index contributed by atoms with van der Waals surface area (Å²) in [6, 6.07) is 12.3. The molecule has 1 amide bonds. The van der Waals surface area contributed by atoms with Crippen molar-refractivity contribution < 1.29 is 17.6 Å². The van der Waals surface area contributed by atoms with Crippen molar-refractivity contribution in [2.75, 3.05) is 13.1 Å². The van der Waals surface area contributed by atoms with Gasteiger partial charge in [0.2, 0.25) is 10.0 Å². The van der Waals surface area contributed by atoms with E-state index in [4.69, 9.17) is 0 Å². The zero-order chi connectivity index (χ0) is 18.0. The van der Waals surface area contributed by atoms with Crippen LogP contribution < -0.4 is 15.6 Å². The molecule has 1 aliphatic rings. The summed E-state index contributed by atoms with van der Waals surface area (Å²) >= 11 is 0. The number of hydrazine groups is 1. The fraction of sp³-hybridized carbons (Fsp3) is 0.235. The van der Waals surface area contributed by atoms with Crippen molar-refractivity contribution in [2.45, 2.75) is 12.2 Å². The summed E-state index contributed by atoms with van der Waals surface area (Å²) in [5.74, 6) is -1.52. The molecule has 3 N–H and O–H groups in total. The first-order valence-electron chi connectivity index (χ1n) is 7.76. The zero-order valence-corrected chi connectivity index (χ0v) is 15.6. The predicted octanol–water partition coefficient (Wildman–Crippen LogP) is 1.76. The van der Waals surface area contributed by atoms with Crippen molar-refractivity contribution in [1.82, 2.24) is 15.6 Å². The number of carbonyl (C=O) groups is 1. The highest BCUT2D eigenvalue weighted by Gasteiger charge is 2.31. The lowest BCUT2D eigenvalue weighted by Gasteiger charge is -2.26. The molecule has 9 heteroatoms. The standard InChI is InChI=1S/C17H18FN3O3S.ClH/c1-11-7-13(12-5-3-2-4-6-12)8-15(16(11)18)17(22)20-21-25(23,24)14-9-19-10-14;/h2-8,14,19,21H,9-10H2,1H3,(H,20,22);1H. The topological polar surface area (TPSA) is 87.3 Å². The average Bonchev–Trinajstić information content (AvgIpc) is 2.54. The van der Waals surface area contributed by atoms with Crippen LogP contribution in [0.3, 0.4) is 0 Å². The molecule has 6 nitrogen and oxygen atoms in total. The first kappa shape index (κ1) is 20.3. The van der Waals surface area contributed by atoms with E-state index in [1.807, 2.05) is 35.2 Å². The van der Waals surface area contributed by atoms with Crippen LogP contribution in [0.2, 0.25) is 0 Å². The summed E-state index contributed by atoms with van der Waals surface area (Å²) in [5, 5.41) is 2.24. The molecule has 1 fully saturated rings. The van der Waals surface area contributed by atoms with Gasteiger partial charge in [0.05, 0.1) is 5.56 Å². The van der Waals surface area contributed by atoms with Gasteiger partial charge in [-0.2, -0.15) is 0 Å². The Labute approximate surface area is 157 Å². The minimum Gasteiger partial charge on any atom is -0.314 e. The fourth-order valence-electron chi connectivity index (χ4n) is 2.48. The maximum Gasteiger partial charge on any atom is 0.269 e. The highest BCUT2D eigenvalue weighted by Crippen LogP contribution is 2.24. The average molecular weight is 400 g/mol. The maximum atomic E-state index is 14.4. The van der Waals surface area contributed by atoms with Crippen LogP contribution in [0.15, 0.2) is 42.5 Å². The molecule has 0 spiro atoms. The molecular formula is C17H19ClFN3O3S. The summed E-state index contributed by atoms with van der Waals surface area (Å²) in [6.07, 6.45) is 0. The molecule has 0 unspecified atom stereocenters. The van der Waals surface area contributed by atoms with Crippen molar-refractivity contribution in [2.24, 2.45) is 0 Å². The number of benzene rings is 2. The predicted molar refractivity (Wildman–Crippen MR) is 100 cm³/mol. The summed E-state index contributed by atoms with van der Waals surface area (Å²) < 4.78 is 38.2. The van der Waals surface area contributed by atoms with E-state index >= 15 is 0 Å². The molecule has 140 valence electrons. The number of hydrogen-bond acceptors (Lipinski definition) is 4. The summed E-state index contributed by atoms with van der Waals surface area (Å²) in [4.78, 5) is 14.3. The number of halogens is 2. The molecule has 0 atom stereocenters. The molecule has 0 saturated carbocycles. The van der Waals surface area contributed by atoms with Crippen LogP contribution in [0.5, 0.6) is 0 Å². The zero-order valence-electron chi connectivity index (χ0n) is 14.0. The Hall–Kier alpha value is -2.00. The third kappa shape index (κ3) is 4.21. The molecular weight excluding hydrogens is 381 g/mol. The smallest absolute Gasteiger partial charge is 0.269 e. The van der Waals surface area contributed by atoms with Gasteiger partial charge in [0, 0.05) is 13.1 Å². The minimum absolute atomic E-state index is 0. The van der Waals surface area contributed by atoms with E-state index in [9.17, 15) is 17.6 Å². The molecule has 2 aromatic rings. The van der Waals surface area contributed by atoms with Crippen LogP contribution in [0, 0.1) is 12.7 Å². The second kappa shape index (κ2) is 8.13. The molecule has 0 radical (unpaired) electrons. The lowest BCUT2D eigenvalue weighted by atomic mass is 9.99. The first-order valence-corrected chi connectivity index (χ1v) is 9.30. The molecule has 0 aliphatic carbocycles. The number of hydrogen-bond donors (Lipinski definition) is 3. The molecule has 2 aromatic carbocycles. The number of rotatable bonds is 5. The molecule has 1 heterocycles. The monoisotopic (exact) mass is 399 g/mol. The second-order valence-electron chi connectivity index (χ2n) is 5.90. The number of sulfonamides is 1. The molecule has 1 aliphatic heterocycles. The van der Waals surface area contributed by atoms with Gasteiger partial charge in [-0.1, -0.05) is 30.3 Å². The Morgan fingerprint density at radius 1 is 1.15 bits per heavy atom. The maximum absolute atomic E-state index is 14.4. The SMILES string of the molecule is Cc1cc(-c2ccccc2)cc(C(=O)NNS(=O)(=O)C2CNC2)c1F.Cl. The third-order valence-corrected chi connectivity index (χ3v) is 5.69. The van der Waals surface area contributed by atoms with Crippen LogP contribution in [0.1, 0.15) is 15.9 Å². The van der Waals surface area contributed by atoms with Gasteiger partial charge in [-0.25, -0.2) is 12.8 Å². The van der Waals surface area contributed by atoms with Gasteiger partial charge in [0.25, 0.3) is 5.91 Å². The van der Waals surface area contributed by atoms with Crippen molar-refractivity contribution in [3.63, 3.8) is 0 Å². The fourth-order valence-corrected chi connectivity index (χ4v) is 3.56. The van der Waals surface area contributed by atoms with Crippen molar-refractivity contribution in [3.8, 4) is 11.1 Å². The summed E-state index contributed by atoms with van der Waals surface area (Å²) in [5.41, 5.74) is 3.69. The van der Waals surface area contributed by atoms with Gasteiger partial charge in [-0.05, 0) is 35.7 Å². The van der Waals surface area contributed by atoms with E-state index in [-0.39, 0.29) is 18.0 Å². The summed E-state index contributed by atoms with van der Waals surface area (Å²) in [6.45, 7) is 2.20. The van der Waals surface area contributed by atoms with E-state index in [1.54, 1.807) is 13.0 Å². The van der Waals surface area contributed by atoms with Gasteiger partial charge in [-0.3, -0.25) is 10.2 Å². The molecule has 26 heavy (non-hydrogen) atoms. The first-order chi connectivity index (χ1) is 11.9. The van der Waals surface area contributed by atoms with E-state index in [1.165, 1.54) is 6.07 Å². The normalized spacial score (nSPS) is 14.2. The number of aryl methyl sites for hydroxylation is 1. The molecule has 0 bridgehead atoms. The van der Waals surface area contributed by atoms with Gasteiger partial charge in [0.15, 0.2) is 0 Å². The van der Waals surface area contributed by atoms with Crippen molar-refractivity contribution in [1.29, 1.82) is 0 Å². The highest BCUT2D eigenvalue weighted by atomic mass is 35.5. The quantitative estimate of drug-likeness (QED) is 0.668. The molecule has 0 aromatic heterocycles. The minimum atomic E-state index is -3.68. The molecule has 1 saturated heterocycles. The number of nitrogens with one attached hydrogen (secondary N) is 3. The second-order valence-corrected chi connectivity index (χ2v) is 7.86. The van der Waals surface area contributed by atoms with Crippen LogP contribution in [-0.2, 0) is 10.0 Å². The van der Waals surface area contributed by atoms with E-state index in [2.05, 4.69) is 10.7 Å². The van der Waals surface area contributed by atoms with Crippen molar-refractivity contribution in [3.05, 3.63) is 59.4 Å². The van der Waals surface area contributed by atoms with E-state index < -0.39 is 27.0 Å². The van der Waals surface area contributed by atoms with Crippen LogP contribution >= 0.6 is 12.4 Å². The van der Waals surface area contributed by atoms with Gasteiger partial charge in [0.1, 0.15) is 11.1 Å². The van der Waals surface area contributed by atoms with E-state index in [0.717, 1.165) is 5.56 Å². The Morgan fingerprint density at radius 2 is 1.81 bits per heavy atom. The third-order valence-electron chi connectivity index (χ3n) is 4.10. The van der Waals surface area contributed by atoms with E-state index in [0.29, 0.717) is 24.2 Å². The molecule has 3 rings (SSSR count). The van der Waals surface area contributed by atoms with Crippen molar-refractivity contribution >= 4 is 28.3 Å². The highest BCUT2D eigenvalue weighted by molar-refractivity contribution is 7.90. The number of carbonyl (C=O) groups excluding carboxylic acids is 1. The van der Waals surface area contributed by atoms with Gasteiger partial charge < -0.3 is 5.32 Å².